The third kappa shape index (κ3) is 5.00. The molecule has 4 nitrogen and oxygen atoms in total. The van der Waals surface area contributed by atoms with Gasteiger partial charge in [-0.25, -0.2) is 0 Å². The molecule has 4 heterocycles. The van der Waals surface area contributed by atoms with Crippen molar-refractivity contribution in [3.8, 4) is 44.5 Å². The Labute approximate surface area is 330 Å². The van der Waals surface area contributed by atoms with Crippen molar-refractivity contribution in [2.75, 3.05) is 11.5 Å². The summed E-state index contributed by atoms with van der Waals surface area (Å²) in [6, 6.07) is 45.4. The normalized spacial score (nSPS) is 17.8. The first-order valence-corrected chi connectivity index (χ1v) is 21.0. The molecule has 4 aliphatic rings. The summed E-state index contributed by atoms with van der Waals surface area (Å²) in [6.45, 7) is 8.73. The monoisotopic (exact) mass is 746 g/mol. The number of pyridine rings is 2. The highest BCUT2D eigenvalue weighted by atomic mass is 32.2. The molecule has 7 aromatic rings. The van der Waals surface area contributed by atoms with Crippen molar-refractivity contribution in [1.29, 1.82) is 0 Å². The van der Waals surface area contributed by atoms with Crippen molar-refractivity contribution < 1.29 is 0 Å². The van der Waals surface area contributed by atoms with Gasteiger partial charge < -0.3 is 0 Å². The van der Waals surface area contributed by atoms with Gasteiger partial charge in [0.25, 0.3) is 0 Å². The lowest BCUT2D eigenvalue weighted by molar-refractivity contribution is 0.604. The Bertz CT molecular complexity index is 2770. The summed E-state index contributed by atoms with van der Waals surface area (Å²) in [6.07, 6.45) is 4.03. The topological polar surface area (TPSA) is 50.5 Å². The SMILES string of the molecule is CC1(C)CSC(c2ccc(-c3ccc4c(c3)C3(c5ccccc5-c5ccccc53)c3c-4ccc4cc(-c5ccc(C6=NC(C)(C)CS6)nc5)ccc34)cn2)=N1. The van der Waals surface area contributed by atoms with Gasteiger partial charge in [0.05, 0.1) is 27.9 Å². The van der Waals surface area contributed by atoms with E-state index < -0.39 is 5.41 Å². The van der Waals surface area contributed by atoms with Crippen molar-refractivity contribution in [2.45, 2.75) is 44.2 Å². The quantitative estimate of drug-likeness (QED) is 0.180. The second-order valence-corrected chi connectivity index (χ2v) is 18.4. The number of aliphatic imine (C=N–C) groups is 2. The van der Waals surface area contributed by atoms with Crippen LogP contribution in [0, 0.1) is 0 Å². The Morgan fingerprint density at radius 3 is 1.53 bits per heavy atom. The molecule has 2 aliphatic heterocycles. The molecule has 1 spiro atoms. The Hall–Kier alpha value is -5.30. The average Bonchev–Trinajstić information content (AvgIpc) is 3.94. The van der Waals surface area contributed by atoms with E-state index in [9.17, 15) is 0 Å². The maximum atomic E-state index is 4.94. The average molecular weight is 747 g/mol. The summed E-state index contributed by atoms with van der Waals surface area (Å²) in [5.74, 6) is 1.97. The molecule has 0 atom stereocenters. The van der Waals surface area contributed by atoms with Gasteiger partial charge in [0, 0.05) is 35.0 Å². The van der Waals surface area contributed by atoms with E-state index in [-0.39, 0.29) is 11.1 Å². The molecular formula is C49H38N4S2. The van der Waals surface area contributed by atoms with Crippen molar-refractivity contribution in [3.63, 3.8) is 0 Å². The van der Waals surface area contributed by atoms with E-state index in [1.165, 1.54) is 60.8 Å². The zero-order valence-corrected chi connectivity index (χ0v) is 32.9. The second-order valence-electron chi connectivity index (χ2n) is 16.4. The molecule has 0 radical (unpaired) electrons. The molecule has 266 valence electrons. The van der Waals surface area contributed by atoms with Crippen molar-refractivity contribution >= 4 is 44.4 Å². The lowest BCUT2D eigenvalue weighted by atomic mass is 9.69. The van der Waals surface area contributed by atoms with Crippen molar-refractivity contribution in [3.05, 3.63) is 167 Å². The van der Waals surface area contributed by atoms with E-state index in [1.54, 1.807) is 23.5 Å². The molecule has 0 saturated heterocycles. The van der Waals surface area contributed by atoms with Crippen LogP contribution in [0.1, 0.15) is 61.3 Å². The molecule has 2 aromatic heterocycles. The van der Waals surface area contributed by atoms with Gasteiger partial charge in [0.1, 0.15) is 10.1 Å². The van der Waals surface area contributed by atoms with Crippen LogP contribution in [0.2, 0.25) is 0 Å². The number of fused-ring (bicyclic) bond motifs is 12. The third-order valence-corrected chi connectivity index (χ3v) is 14.5. The molecule has 0 fully saturated rings. The zero-order valence-electron chi connectivity index (χ0n) is 31.2. The van der Waals surface area contributed by atoms with Crippen LogP contribution < -0.4 is 0 Å². The summed E-state index contributed by atoms with van der Waals surface area (Å²) in [5.41, 5.74) is 16.4. The fourth-order valence-corrected chi connectivity index (χ4v) is 11.4. The molecule has 0 saturated carbocycles. The number of benzene rings is 5. The van der Waals surface area contributed by atoms with E-state index in [2.05, 4.69) is 149 Å². The molecule has 5 aromatic carbocycles. The zero-order chi connectivity index (χ0) is 37.1. The minimum atomic E-state index is -0.473. The predicted molar refractivity (Wildman–Crippen MR) is 233 cm³/mol. The molecule has 0 unspecified atom stereocenters. The van der Waals surface area contributed by atoms with Crippen LogP contribution in [0.5, 0.6) is 0 Å². The third-order valence-electron chi connectivity index (χ3n) is 11.6. The number of thioether (sulfide) groups is 2. The molecular weight excluding hydrogens is 709 g/mol. The first kappa shape index (κ1) is 33.1. The molecule has 55 heavy (non-hydrogen) atoms. The van der Waals surface area contributed by atoms with Gasteiger partial charge in [-0.1, -0.05) is 97.1 Å². The van der Waals surface area contributed by atoms with Gasteiger partial charge in [-0.2, -0.15) is 0 Å². The largest absolute Gasteiger partial charge is 0.269 e. The van der Waals surface area contributed by atoms with Crippen LogP contribution in [0.25, 0.3) is 55.3 Å². The van der Waals surface area contributed by atoms with E-state index in [1.807, 2.05) is 12.4 Å². The Balaban J connectivity index is 1.07. The predicted octanol–water partition coefficient (Wildman–Crippen LogP) is 11.9. The summed E-state index contributed by atoms with van der Waals surface area (Å²) >= 11 is 3.59. The molecule has 2 aliphatic carbocycles. The highest BCUT2D eigenvalue weighted by Gasteiger charge is 2.52. The Morgan fingerprint density at radius 2 is 0.982 bits per heavy atom. The van der Waals surface area contributed by atoms with Crippen LogP contribution in [0.4, 0.5) is 0 Å². The van der Waals surface area contributed by atoms with Crippen molar-refractivity contribution in [1.82, 2.24) is 9.97 Å². The molecule has 0 N–H and O–H groups in total. The van der Waals surface area contributed by atoms with Crippen LogP contribution in [0.15, 0.2) is 144 Å². The van der Waals surface area contributed by atoms with E-state index in [4.69, 9.17) is 20.0 Å². The van der Waals surface area contributed by atoms with Crippen LogP contribution in [-0.4, -0.2) is 42.6 Å². The summed E-state index contributed by atoms with van der Waals surface area (Å²) in [7, 11) is 0. The fourth-order valence-electron chi connectivity index (χ4n) is 9.15. The van der Waals surface area contributed by atoms with E-state index in [0.29, 0.717) is 0 Å². The van der Waals surface area contributed by atoms with Crippen LogP contribution in [0.3, 0.4) is 0 Å². The van der Waals surface area contributed by atoms with Gasteiger partial charge in [-0.05, 0) is 118 Å². The number of aromatic nitrogens is 2. The number of rotatable bonds is 4. The van der Waals surface area contributed by atoms with E-state index in [0.717, 1.165) is 49.7 Å². The first-order valence-electron chi connectivity index (χ1n) is 19.0. The van der Waals surface area contributed by atoms with Gasteiger partial charge in [0.2, 0.25) is 0 Å². The summed E-state index contributed by atoms with van der Waals surface area (Å²) < 4.78 is 0. The Morgan fingerprint density at radius 1 is 0.473 bits per heavy atom. The first-order chi connectivity index (χ1) is 26.7. The minimum absolute atomic E-state index is 0.0391. The maximum Gasteiger partial charge on any atom is 0.117 e. The van der Waals surface area contributed by atoms with Gasteiger partial charge in [-0.15, -0.1) is 23.5 Å². The second kappa shape index (κ2) is 11.8. The lowest BCUT2D eigenvalue weighted by Crippen LogP contribution is -2.26. The molecule has 6 heteroatoms. The summed E-state index contributed by atoms with van der Waals surface area (Å²) in [4.78, 5) is 19.7. The fraction of sp³-hybridized carbons (Fsp3) is 0.184. The van der Waals surface area contributed by atoms with Crippen LogP contribution >= 0.6 is 23.5 Å². The highest BCUT2D eigenvalue weighted by Crippen LogP contribution is 2.64. The Kier molecular flexibility index (Phi) is 7.13. The highest BCUT2D eigenvalue weighted by molar-refractivity contribution is 8.15. The minimum Gasteiger partial charge on any atom is -0.269 e. The van der Waals surface area contributed by atoms with Gasteiger partial charge in [0.15, 0.2) is 0 Å². The number of hydrogen-bond acceptors (Lipinski definition) is 6. The summed E-state index contributed by atoms with van der Waals surface area (Å²) in [5, 5.41) is 4.57. The van der Waals surface area contributed by atoms with Gasteiger partial charge >= 0.3 is 0 Å². The molecule has 0 bridgehead atoms. The lowest BCUT2D eigenvalue weighted by Gasteiger charge is -2.31. The smallest absolute Gasteiger partial charge is 0.117 e. The number of hydrogen-bond donors (Lipinski definition) is 0. The van der Waals surface area contributed by atoms with E-state index >= 15 is 0 Å². The molecule has 0 amide bonds. The number of nitrogens with zero attached hydrogens (tertiary/aromatic N) is 4. The molecule has 11 rings (SSSR count). The standard InChI is InChI=1S/C49H38N4S2/c1-47(2)27-54-45(52-47)42-21-16-32(25-50-42)29-13-18-34-31(23-29)15-20-38-37-19-14-30(33-17-22-43(51-26-33)46-53-48(3,4)28-55-46)24-41(37)49(44(34)38)39-11-7-5-9-35(39)36-10-6-8-12-40(36)49/h5-26H,27-28H2,1-4H3. The van der Waals surface area contributed by atoms with Crippen LogP contribution in [-0.2, 0) is 5.41 Å². The van der Waals surface area contributed by atoms with Gasteiger partial charge in [-0.3, -0.25) is 20.0 Å². The maximum absolute atomic E-state index is 4.94. The van der Waals surface area contributed by atoms with Crippen molar-refractivity contribution in [2.24, 2.45) is 9.98 Å².